The first kappa shape index (κ1) is 12.9. The van der Waals surface area contributed by atoms with Gasteiger partial charge in [-0.2, -0.15) is 0 Å². The summed E-state index contributed by atoms with van der Waals surface area (Å²) < 4.78 is 5.54. The molecule has 92 valence electrons. The summed E-state index contributed by atoms with van der Waals surface area (Å²) in [6.07, 6.45) is 0. The average Bonchev–Trinajstić information content (AvgIpc) is 2.46. The topological polar surface area (TPSA) is 26.3 Å². The summed E-state index contributed by atoms with van der Waals surface area (Å²) in [5.41, 5.74) is 0. The van der Waals surface area contributed by atoms with Crippen LogP contribution in [0.2, 0.25) is 0 Å². The molecular formula is C14H13ClO2Si. The van der Waals surface area contributed by atoms with Gasteiger partial charge in [0.2, 0.25) is 0 Å². The van der Waals surface area contributed by atoms with Crippen LogP contribution in [0.1, 0.15) is 0 Å². The molecule has 18 heavy (non-hydrogen) atoms. The Kier molecular flexibility index (Phi) is 4.56. The molecule has 0 heterocycles. The molecule has 2 rings (SSSR count). The van der Waals surface area contributed by atoms with E-state index in [4.69, 9.17) is 16.0 Å². The van der Waals surface area contributed by atoms with E-state index in [9.17, 15) is 4.79 Å². The van der Waals surface area contributed by atoms with E-state index in [0.717, 1.165) is 10.4 Å². The van der Waals surface area contributed by atoms with Gasteiger partial charge in [0.15, 0.2) is 0 Å². The molecule has 0 saturated heterocycles. The van der Waals surface area contributed by atoms with Crippen LogP contribution in [0.4, 0.5) is 0 Å². The van der Waals surface area contributed by atoms with E-state index in [1.807, 2.05) is 60.7 Å². The fourth-order valence-electron chi connectivity index (χ4n) is 1.75. The normalized spacial score (nSPS) is 10.3. The maximum atomic E-state index is 11.4. The zero-order valence-electron chi connectivity index (χ0n) is 9.75. The molecule has 0 aliphatic heterocycles. The zero-order valence-corrected chi connectivity index (χ0v) is 11.7. The number of hydrogen-bond acceptors (Lipinski definition) is 2. The van der Waals surface area contributed by atoms with Crippen LogP contribution in [0.3, 0.4) is 0 Å². The predicted molar refractivity (Wildman–Crippen MR) is 76.1 cm³/mol. The van der Waals surface area contributed by atoms with Gasteiger partial charge in [-0.15, -0.1) is 11.6 Å². The summed E-state index contributed by atoms with van der Waals surface area (Å²) in [5.74, 6) is -0.468. The maximum Gasteiger partial charge on any atom is 0.307 e. The third-order valence-electron chi connectivity index (χ3n) is 2.56. The highest BCUT2D eigenvalue weighted by atomic mass is 35.5. The Bertz CT molecular complexity index is 462. The molecule has 2 nitrogen and oxygen atoms in total. The van der Waals surface area contributed by atoms with Crippen molar-refractivity contribution in [3.63, 3.8) is 0 Å². The van der Waals surface area contributed by atoms with Crippen LogP contribution in [0.15, 0.2) is 60.7 Å². The lowest BCUT2D eigenvalue weighted by Crippen LogP contribution is -2.46. The van der Waals surface area contributed by atoms with Gasteiger partial charge in [0, 0.05) is 0 Å². The Morgan fingerprint density at radius 3 is 1.78 bits per heavy atom. The number of benzene rings is 2. The Hall–Kier alpha value is -1.58. The first-order valence-corrected chi connectivity index (χ1v) is 7.82. The summed E-state index contributed by atoms with van der Waals surface area (Å²) in [6.45, 7) is 0. The number of hydrogen-bond donors (Lipinski definition) is 0. The third-order valence-corrected chi connectivity index (χ3v) is 5.26. The van der Waals surface area contributed by atoms with E-state index >= 15 is 0 Å². The quantitative estimate of drug-likeness (QED) is 0.622. The second-order valence-corrected chi connectivity index (χ2v) is 6.42. The number of rotatable bonds is 4. The highest BCUT2D eigenvalue weighted by Crippen LogP contribution is 1.96. The van der Waals surface area contributed by atoms with Crippen LogP contribution in [0.5, 0.6) is 0 Å². The van der Waals surface area contributed by atoms with E-state index in [1.54, 1.807) is 0 Å². The highest BCUT2D eigenvalue weighted by Gasteiger charge is 2.21. The zero-order chi connectivity index (χ0) is 12.8. The van der Waals surface area contributed by atoms with Gasteiger partial charge in [-0.25, -0.2) is 0 Å². The molecule has 0 bridgehead atoms. The monoisotopic (exact) mass is 276 g/mol. The lowest BCUT2D eigenvalue weighted by Gasteiger charge is -2.16. The number of carbonyl (C=O) groups is 1. The first-order valence-electron chi connectivity index (χ1n) is 5.66. The van der Waals surface area contributed by atoms with Crippen LogP contribution in [0.25, 0.3) is 0 Å². The van der Waals surface area contributed by atoms with Gasteiger partial charge in [-0.3, -0.25) is 4.79 Å². The molecule has 0 aliphatic carbocycles. The number of halogens is 1. The fourth-order valence-corrected chi connectivity index (χ4v) is 4.06. The summed E-state index contributed by atoms with van der Waals surface area (Å²) in [7, 11) is -1.96. The number of carbonyl (C=O) groups excluding carboxylic acids is 1. The van der Waals surface area contributed by atoms with Crippen LogP contribution >= 0.6 is 11.6 Å². The summed E-state index contributed by atoms with van der Waals surface area (Å²) in [5, 5.41) is 2.14. The van der Waals surface area contributed by atoms with Gasteiger partial charge in [0.25, 0.3) is 0 Å². The molecule has 0 atom stereocenters. The number of alkyl halides is 1. The summed E-state index contributed by atoms with van der Waals surface area (Å²) >= 11 is 5.52. The largest absolute Gasteiger partial charge is 0.512 e. The molecule has 0 fully saturated rings. The Labute approximate surface area is 113 Å². The van der Waals surface area contributed by atoms with Gasteiger partial charge in [-0.05, 0) is 10.4 Å². The Morgan fingerprint density at radius 2 is 1.39 bits per heavy atom. The minimum Gasteiger partial charge on any atom is -0.512 e. The molecular weight excluding hydrogens is 264 g/mol. The minimum atomic E-state index is -1.96. The van der Waals surface area contributed by atoms with Crippen LogP contribution in [-0.2, 0) is 9.22 Å². The van der Waals surface area contributed by atoms with E-state index in [0.29, 0.717) is 0 Å². The molecule has 0 N–H and O–H groups in total. The van der Waals surface area contributed by atoms with Gasteiger partial charge >= 0.3 is 15.0 Å². The van der Waals surface area contributed by atoms with Gasteiger partial charge in [0.1, 0.15) is 5.88 Å². The molecule has 2 aromatic rings. The Balaban J connectivity index is 2.32. The molecule has 0 aliphatic rings. The fraction of sp³-hybridized carbons (Fsp3) is 0.0714. The van der Waals surface area contributed by atoms with Crippen LogP contribution < -0.4 is 10.4 Å². The molecule has 0 aromatic heterocycles. The summed E-state index contributed by atoms with van der Waals surface area (Å²) in [4.78, 5) is 11.4. The molecule has 4 heteroatoms. The minimum absolute atomic E-state index is 0.108. The standard InChI is InChI=1S/C14H13ClO2Si/c15-11-14(16)17-18(12-7-3-1-4-8-12)13-9-5-2-6-10-13/h1-10,18H,11H2. The molecule has 0 saturated carbocycles. The van der Waals surface area contributed by atoms with Crippen molar-refractivity contribution in [1.29, 1.82) is 0 Å². The van der Waals surface area contributed by atoms with Gasteiger partial charge in [0.05, 0.1) is 0 Å². The lowest BCUT2D eigenvalue weighted by atomic mass is 10.4. The molecule has 2 aromatic carbocycles. The molecule has 0 spiro atoms. The van der Waals surface area contributed by atoms with E-state index < -0.39 is 9.04 Å². The van der Waals surface area contributed by atoms with Crippen molar-refractivity contribution in [3.05, 3.63) is 60.7 Å². The van der Waals surface area contributed by atoms with Crippen molar-refractivity contribution in [3.8, 4) is 0 Å². The highest BCUT2D eigenvalue weighted by molar-refractivity contribution is 6.81. The molecule has 0 radical (unpaired) electrons. The first-order chi connectivity index (χ1) is 8.81. The third kappa shape index (κ3) is 3.21. The van der Waals surface area contributed by atoms with Crippen molar-refractivity contribution < 1.29 is 9.22 Å². The SMILES string of the molecule is O=C(CCl)O[SiH](c1ccccc1)c1ccccc1. The van der Waals surface area contributed by atoms with Gasteiger partial charge in [-0.1, -0.05) is 60.7 Å². The predicted octanol–water partition coefficient (Wildman–Crippen LogP) is 1.31. The van der Waals surface area contributed by atoms with Crippen molar-refractivity contribution >= 4 is 37.0 Å². The van der Waals surface area contributed by atoms with Crippen molar-refractivity contribution in [2.75, 3.05) is 5.88 Å². The van der Waals surface area contributed by atoms with E-state index in [1.165, 1.54) is 0 Å². The smallest absolute Gasteiger partial charge is 0.307 e. The van der Waals surface area contributed by atoms with E-state index in [-0.39, 0.29) is 11.8 Å². The second kappa shape index (κ2) is 6.38. The summed E-state index contributed by atoms with van der Waals surface area (Å²) in [6, 6.07) is 19.7. The van der Waals surface area contributed by atoms with Crippen molar-refractivity contribution in [1.82, 2.24) is 0 Å². The average molecular weight is 277 g/mol. The van der Waals surface area contributed by atoms with Crippen LogP contribution in [0, 0.1) is 0 Å². The van der Waals surface area contributed by atoms with Crippen LogP contribution in [-0.4, -0.2) is 20.9 Å². The second-order valence-electron chi connectivity index (χ2n) is 3.82. The van der Waals surface area contributed by atoms with Crippen molar-refractivity contribution in [2.45, 2.75) is 0 Å². The molecule has 0 unspecified atom stereocenters. The Morgan fingerprint density at radius 1 is 0.944 bits per heavy atom. The van der Waals surface area contributed by atoms with E-state index in [2.05, 4.69) is 0 Å². The molecule has 0 amide bonds. The van der Waals surface area contributed by atoms with Crippen molar-refractivity contribution in [2.24, 2.45) is 0 Å². The maximum absolute atomic E-state index is 11.4. The lowest BCUT2D eigenvalue weighted by molar-refractivity contribution is -0.131. The van der Waals surface area contributed by atoms with Gasteiger partial charge < -0.3 is 4.43 Å².